The molecule has 100 valence electrons. The number of methoxy groups -OCH3 is 1. The first-order valence-electron chi connectivity index (χ1n) is 6.63. The Labute approximate surface area is 115 Å². The number of imidazole rings is 1. The highest BCUT2D eigenvalue weighted by Gasteiger charge is 2.32. The Kier molecular flexibility index (Phi) is 2.30. The number of hydrogen-bond donors (Lipinski definition) is 1. The number of aromatic amines is 1. The lowest BCUT2D eigenvalue weighted by Gasteiger charge is -2.01. The second kappa shape index (κ2) is 4.03. The summed E-state index contributed by atoms with van der Waals surface area (Å²) in [6.45, 7) is 0. The van der Waals surface area contributed by atoms with Crippen LogP contribution in [0.4, 0.5) is 0 Å². The summed E-state index contributed by atoms with van der Waals surface area (Å²) in [5.41, 5.74) is 2.40. The van der Waals surface area contributed by atoms with Gasteiger partial charge in [0.05, 0.1) is 24.3 Å². The van der Waals surface area contributed by atoms with E-state index in [1.807, 2.05) is 18.2 Å². The van der Waals surface area contributed by atoms with Crippen LogP contribution in [-0.4, -0.2) is 27.8 Å². The van der Waals surface area contributed by atoms with Gasteiger partial charge in [-0.1, -0.05) is 0 Å². The molecule has 0 bridgehead atoms. The molecule has 0 atom stereocenters. The number of benzene rings is 1. The van der Waals surface area contributed by atoms with Crippen molar-refractivity contribution in [3.05, 3.63) is 30.2 Å². The number of carbonyl (C=O) groups is 1. The molecule has 4 rings (SSSR count). The van der Waals surface area contributed by atoms with E-state index in [1.54, 1.807) is 13.3 Å². The summed E-state index contributed by atoms with van der Waals surface area (Å²) in [7, 11) is 1.63. The van der Waals surface area contributed by atoms with E-state index in [2.05, 4.69) is 15.0 Å². The lowest BCUT2D eigenvalue weighted by atomic mass is 10.2. The normalized spacial score (nSPS) is 14.8. The molecule has 0 aliphatic heterocycles. The van der Waals surface area contributed by atoms with E-state index < -0.39 is 0 Å². The molecule has 1 N–H and O–H groups in total. The van der Waals surface area contributed by atoms with Crippen molar-refractivity contribution in [3.63, 3.8) is 0 Å². The number of H-pyrrole nitrogens is 1. The molecule has 2 aromatic heterocycles. The number of nitrogens with one attached hydrogen (secondary N) is 1. The lowest BCUT2D eigenvalue weighted by molar-refractivity contribution is 0.0959. The molecular weight excluding hydrogens is 254 g/mol. The first kappa shape index (κ1) is 11.4. The van der Waals surface area contributed by atoms with E-state index in [1.165, 1.54) is 0 Å². The fourth-order valence-corrected chi connectivity index (χ4v) is 2.42. The third-order valence-corrected chi connectivity index (χ3v) is 3.71. The van der Waals surface area contributed by atoms with Crippen molar-refractivity contribution in [2.45, 2.75) is 12.8 Å². The second-order valence-electron chi connectivity index (χ2n) is 5.13. The Bertz CT molecular complexity index is 834. The highest BCUT2D eigenvalue weighted by Crippen LogP contribution is 2.33. The predicted octanol–water partition coefficient (Wildman–Crippen LogP) is 2.71. The Hall–Kier alpha value is -2.43. The zero-order chi connectivity index (χ0) is 13.7. The molecule has 2 heterocycles. The molecule has 0 saturated heterocycles. The van der Waals surface area contributed by atoms with Crippen LogP contribution in [0.5, 0.6) is 5.75 Å². The van der Waals surface area contributed by atoms with E-state index in [0.717, 1.165) is 40.5 Å². The quantitative estimate of drug-likeness (QED) is 0.741. The van der Waals surface area contributed by atoms with Crippen LogP contribution in [0.15, 0.2) is 24.4 Å². The third kappa shape index (κ3) is 1.66. The Balaban J connectivity index is 1.92. The molecule has 1 aliphatic rings. The van der Waals surface area contributed by atoms with Gasteiger partial charge in [0.1, 0.15) is 11.3 Å². The fraction of sp³-hybridized carbons (Fsp3) is 0.267. The van der Waals surface area contributed by atoms with Gasteiger partial charge < -0.3 is 9.72 Å². The largest absolute Gasteiger partial charge is 0.497 e. The minimum absolute atomic E-state index is 0.114. The summed E-state index contributed by atoms with van der Waals surface area (Å²) in [6, 6.07) is 5.67. The molecule has 5 nitrogen and oxygen atoms in total. The van der Waals surface area contributed by atoms with Crippen LogP contribution < -0.4 is 4.74 Å². The van der Waals surface area contributed by atoms with Gasteiger partial charge in [0.25, 0.3) is 0 Å². The summed E-state index contributed by atoms with van der Waals surface area (Å²) in [5.74, 6) is 1.49. The van der Waals surface area contributed by atoms with Crippen molar-refractivity contribution in [1.29, 1.82) is 0 Å². The van der Waals surface area contributed by atoms with Crippen LogP contribution in [0.1, 0.15) is 23.5 Å². The molecule has 0 unspecified atom stereocenters. The maximum atomic E-state index is 12.1. The highest BCUT2D eigenvalue weighted by atomic mass is 16.5. The molecule has 1 aliphatic carbocycles. The summed E-state index contributed by atoms with van der Waals surface area (Å²) in [6.07, 6.45) is 3.67. The molecule has 1 fully saturated rings. The van der Waals surface area contributed by atoms with Gasteiger partial charge in [-0.3, -0.25) is 9.78 Å². The van der Waals surface area contributed by atoms with Crippen molar-refractivity contribution >= 4 is 27.7 Å². The van der Waals surface area contributed by atoms with Gasteiger partial charge >= 0.3 is 0 Å². The van der Waals surface area contributed by atoms with Crippen LogP contribution >= 0.6 is 0 Å². The van der Waals surface area contributed by atoms with Crippen molar-refractivity contribution in [1.82, 2.24) is 15.0 Å². The first-order chi connectivity index (χ1) is 9.76. The number of ether oxygens (including phenoxy) is 1. The number of hydrogen-bond acceptors (Lipinski definition) is 4. The van der Waals surface area contributed by atoms with E-state index in [9.17, 15) is 4.79 Å². The Morgan fingerprint density at radius 1 is 1.40 bits per heavy atom. The van der Waals surface area contributed by atoms with Gasteiger partial charge in [0.15, 0.2) is 5.82 Å². The van der Waals surface area contributed by atoms with E-state index in [-0.39, 0.29) is 11.7 Å². The predicted molar refractivity (Wildman–Crippen MR) is 75.0 cm³/mol. The number of ketones is 1. The molecular formula is C15H13N3O2. The summed E-state index contributed by atoms with van der Waals surface area (Å²) in [5, 5.41) is 0.925. The number of Topliss-reactive ketones (excluding diaryl/α,β-unsaturated/α-hetero) is 1. The van der Waals surface area contributed by atoms with Crippen LogP contribution in [0.3, 0.4) is 0 Å². The minimum Gasteiger partial charge on any atom is -0.497 e. The second-order valence-corrected chi connectivity index (χ2v) is 5.13. The van der Waals surface area contributed by atoms with E-state index in [0.29, 0.717) is 5.82 Å². The van der Waals surface area contributed by atoms with E-state index in [4.69, 9.17) is 4.74 Å². The maximum Gasteiger partial charge on any atom is 0.201 e. The van der Waals surface area contributed by atoms with Gasteiger partial charge in [0, 0.05) is 17.4 Å². The highest BCUT2D eigenvalue weighted by molar-refractivity contribution is 6.05. The lowest BCUT2D eigenvalue weighted by Crippen LogP contribution is -2.03. The van der Waals surface area contributed by atoms with Crippen molar-refractivity contribution in [3.8, 4) is 5.75 Å². The number of rotatable bonds is 3. The van der Waals surface area contributed by atoms with Gasteiger partial charge in [-0.15, -0.1) is 0 Å². The van der Waals surface area contributed by atoms with Crippen LogP contribution in [0.2, 0.25) is 0 Å². The molecule has 1 aromatic carbocycles. The molecule has 1 saturated carbocycles. The van der Waals surface area contributed by atoms with E-state index >= 15 is 0 Å². The molecule has 0 spiro atoms. The number of aromatic nitrogens is 3. The molecule has 5 heteroatoms. The first-order valence-corrected chi connectivity index (χ1v) is 6.63. The maximum absolute atomic E-state index is 12.1. The Morgan fingerprint density at radius 2 is 2.25 bits per heavy atom. The standard InChI is InChI=1S/C15H13N3O2/c1-20-9-4-5-10-11(6-9)16-7-12-13(10)18-15(17-12)14(19)8-2-3-8/h4-8H,2-3H2,1H3,(H,17,18). The van der Waals surface area contributed by atoms with Gasteiger partial charge in [-0.05, 0) is 25.0 Å². The SMILES string of the molecule is COc1ccc2c(c1)ncc1[nH]c(C(=O)C3CC3)nc12. The molecule has 0 amide bonds. The van der Waals surface area contributed by atoms with Crippen molar-refractivity contribution in [2.75, 3.05) is 7.11 Å². The summed E-state index contributed by atoms with van der Waals surface area (Å²) < 4.78 is 5.20. The van der Waals surface area contributed by atoms with Gasteiger partial charge in [-0.25, -0.2) is 4.98 Å². The fourth-order valence-electron chi connectivity index (χ4n) is 2.42. The summed E-state index contributed by atoms with van der Waals surface area (Å²) in [4.78, 5) is 24.0. The zero-order valence-electron chi connectivity index (χ0n) is 11.0. The molecule has 3 aromatic rings. The van der Waals surface area contributed by atoms with Crippen molar-refractivity contribution in [2.24, 2.45) is 5.92 Å². The molecule has 20 heavy (non-hydrogen) atoms. The third-order valence-electron chi connectivity index (χ3n) is 3.71. The van der Waals surface area contributed by atoms with Crippen LogP contribution in [-0.2, 0) is 0 Å². The van der Waals surface area contributed by atoms with Crippen molar-refractivity contribution < 1.29 is 9.53 Å². The monoisotopic (exact) mass is 267 g/mol. The average Bonchev–Trinajstić information content (AvgIpc) is 3.24. The smallest absolute Gasteiger partial charge is 0.201 e. The zero-order valence-corrected chi connectivity index (χ0v) is 11.0. The van der Waals surface area contributed by atoms with Crippen LogP contribution in [0, 0.1) is 5.92 Å². The van der Waals surface area contributed by atoms with Gasteiger partial charge in [-0.2, -0.15) is 0 Å². The molecule has 0 radical (unpaired) electrons. The number of fused-ring (bicyclic) bond motifs is 3. The van der Waals surface area contributed by atoms with Gasteiger partial charge in [0.2, 0.25) is 5.78 Å². The number of nitrogens with zero attached hydrogens (tertiary/aromatic N) is 2. The average molecular weight is 267 g/mol. The van der Waals surface area contributed by atoms with Crippen LogP contribution in [0.25, 0.3) is 21.9 Å². The number of pyridine rings is 1. The Morgan fingerprint density at radius 3 is 3.00 bits per heavy atom. The summed E-state index contributed by atoms with van der Waals surface area (Å²) >= 11 is 0. The number of carbonyl (C=O) groups excluding carboxylic acids is 1. The minimum atomic E-state index is 0.114. The topological polar surface area (TPSA) is 67.9 Å².